The van der Waals surface area contributed by atoms with Crippen molar-refractivity contribution in [1.29, 1.82) is 0 Å². The van der Waals surface area contributed by atoms with E-state index >= 15 is 0 Å². The van der Waals surface area contributed by atoms with Crippen LogP contribution in [-0.2, 0) is 14.3 Å². The molecule has 0 radical (unpaired) electrons. The summed E-state index contributed by atoms with van der Waals surface area (Å²) in [4.78, 5) is 47.8. The van der Waals surface area contributed by atoms with Crippen LogP contribution in [0.3, 0.4) is 0 Å². The van der Waals surface area contributed by atoms with Crippen molar-refractivity contribution in [3.05, 3.63) is 38.9 Å². The molecule has 0 saturated heterocycles. The van der Waals surface area contributed by atoms with Crippen molar-refractivity contribution in [2.45, 2.75) is 51.6 Å². The number of amides is 2. The fourth-order valence-corrected chi connectivity index (χ4v) is 4.53. The fraction of sp³-hybridized carbons (Fsp3) is 0.591. The molecule has 4 atom stereocenters. The van der Waals surface area contributed by atoms with Gasteiger partial charge in [-0.2, -0.15) is 11.8 Å². The molecule has 1 saturated carbocycles. The van der Waals surface area contributed by atoms with Gasteiger partial charge in [-0.1, -0.05) is 38.3 Å². The maximum Gasteiger partial charge on any atom is 0.329 e. The van der Waals surface area contributed by atoms with Gasteiger partial charge in [0.2, 0.25) is 0 Å². The van der Waals surface area contributed by atoms with Gasteiger partial charge in [-0.25, -0.2) is 4.79 Å². The Bertz CT molecular complexity index is 884. The molecule has 2 N–H and O–H groups in total. The number of halogens is 1. The van der Waals surface area contributed by atoms with E-state index in [2.05, 4.69) is 24.5 Å². The van der Waals surface area contributed by atoms with Gasteiger partial charge in [0.25, 0.3) is 17.5 Å². The van der Waals surface area contributed by atoms with Crippen LogP contribution >= 0.6 is 23.4 Å². The van der Waals surface area contributed by atoms with Crippen molar-refractivity contribution in [3.63, 3.8) is 0 Å². The number of rotatable bonds is 10. The van der Waals surface area contributed by atoms with Crippen molar-refractivity contribution < 1.29 is 24.0 Å². The van der Waals surface area contributed by atoms with Crippen LogP contribution < -0.4 is 10.6 Å². The highest BCUT2D eigenvalue weighted by molar-refractivity contribution is 7.98. The molecule has 2 rings (SSSR count). The Kier molecular flexibility index (Phi) is 10.4. The number of nitrogens with one attached hydrogen (secondary N) is 2. The number of hydrogen-bond acceptors (Lipinski definition) is 7. The Balaban J connectivity index is 1.96. The molecule has 1 aliphatic rings. The standard InChI is InChI=1S/C22H30ClN3O6S/c1-13-5-4-6-18(14(13)2)24-20(27)12-32-22(29)19(9-10-33-3)25-21(28)16-8-7-15(26(30)31)11-17(16)23/h7-8,11,13-14,18-19H,4-6,9-10,12H2,1-3H3,(H,24,27)(H,25,28)/t13-,14+,18-,19+/m0/s1. The van der Waals surface area contributed by atoms with E-state index in [-0.39, 0.29) is 34.6 Å². The number of thioether (sulfide) groups is 1. The average molecular weight is 500 g/mol. The first-order chi connectivity index (χ1) is 15.6. The fourth-order valence-electron chi connectivity index (χ4n) is 3.79. The van der Waals surface area contributed by atoms with Gasteiger partial charge in [0.15, 0.2) is 6.61 Å². The van der Waals surface area contributed by atoms with E-state index in [1.54, 1.807) is 0 Å². The molecule has 0 aliphatic heterocycles. The molecular formula is C22H30ClN3O6S. The summed E-state index contributed by atoms with van der Waals surface area (Å²) >= 11 is 7.50. The highest BCUT2D eigenvalue weighted by Gasteiger charge is 2.29. The second-order valence-electron chi connectivity index (χ2n) is 8.28. The van der Waals surface area contributed by atoms with Gasteiger partial charge in [-0.15, -0.1) is 0 Å². The highest BCUT2D eigenvalue weighted by atomic mass is 35.5. The van der Waals surface area contributed by atoms with Crippen LogP contribution in [0.5, 0.6) is 0 Å². The zero-order chi connectivity index (χ0) is 24.5. The molecule has 0 unspecified atom stereocenters. The second-order valence-corrected chi connectivity index (χ2v) is 9.67. The lowest BCUT2D eigenvalue weighted by atomic mass is 9.78. The van der Waals surface area contributed by atoms with Gasteiger partial charge in [-0.3, -0.25) is 19.7 Å². The Morgan fingerprint density at radius 3 is 2.67 bits per heavy atom. The van der Waals surface area contributed by atoms with Crippen molar-refractivity contribution in [2.24, 2.45) is 11.8 Å². The zero-order valence-electron chi connectivity index (χ0n) is 19.0. The van der Waals surface area contributed by atoms with E-state index in [9.17, 15) is 24.5 Å². The van der Waals surface area contributed by atoms with E-state index in [0.29, 0.717) is 17.6 Å². The van der Waals surface area contributed by atoms with Gasteiger partial charge in [0.05, 0.1) is 15.5 Å². The number of non-ortho nitro benzene ring substituents is 1. The third-order valence-corrected chi connectivity index (χ3v) is 6.96. The van der Waals surface area contributed by atoms with Gasteiger partial charge in [0, 0.05) is 18.2 Å². The third-order valence-electron chi connectivity index (χ3n) is 6.01. The number of nitrogens with zero attached hydrogens (tertiary/aromatic N) is 1. The number of benzene rings is 1. The van der Waals surface area contributed by atoms with Crippen LogP contribution in [0.25, 0.3) is 0 Å². The maximum atomic E-state index is 12.6. The predicted octanol–water partition coefficient (Wildman–Crippen LogP) is 3.58. The second kappa shape index (κ2) is 12.8. The molecule has 1 aliphatic carbocycles. The Labute approximate surface area is 202 Å². The smallest absolute Gasteiger partial charge is 0.329 e. The number of ether oxygens (including phenoxy) is 1. The minimum absolute atomic E-state index is 0.00219. The van der Waals surface area contributed by atoms with Crippen LogP contribution in [0.15, 0.2) is 18.2 Å². The monoisotopic (exact) mass is 499 g/mol. The summed E-state index contributed by atoms with van der Waals surface area (Å²) < 4.78 is 5.19. The summed E-state index contributed by atoms with van der Waals surface area (Å²) in [6, 6.07) is 2.53. The minimum Gasteiger partial charge on any atom is -0.454 e. The largest absolute Gasteiger partial charge is 0.454 e. The van der Waals surface area contributed by atoms with Crippen LogP contribution in [0.4, 0.5) is 5.69 Å². The lowest BCUT2D eigenvalue weighted by molar-refractivity contribution is -0.384. The van der Waals surface area contributed by atoms with Crippen LogP contribution in [0, 0.1) is 22.0 Å². The summed E-state index contributed by atoms with van der Waals surface area (Å²) in [5.74, 6) is -0.328. The molecule has 33 heavy (non-hydrogen) atoms. The quantitative estimate of drug-likeness (QED) is 0.286. The SMILES string of the molecule is CSCC[C@@H](NC(=O)c1ccc([N+](=O)[O-])cc1Cl)C(=O)OCC(=O)N[C@H]1CCC[C@H](C)[C@H]1C. The van der Waals surface area contributed by atoms with Gasteiger partial charge in [0.1, 0.15) is 6.04 Å². The number of nitro benzene ring substituents is 1. The van der Waals surface area contributed by atoms with E-state index < -0.39 is 29.4 Å². The lowest BCUT2D eigenvalue weighted by Gasteiger charge is -2.34. The molecule has 0 aromatic heterocycles. The number of carbonyl (C=O) groups is 3. The van der Waals surface area contributed by atoms with Crippen LogP contribution in [-0.4, -0.2) is 53.4 Å². The van der Waals surface area contributed by atoms with E-state index in [1.165, 1.54) is 17.8 Å². The van der Waals surface area contributed by atoms with Crippen LogP contribution in [0.2, 0.25) is 5.02 Å². The first kappa shape index (κ1) is 26.9. The molecule has 9 nitrogen and oxygen atoms in total. The Morgan fingerprint density at radius 1 is 1.30 bits per heavy atom. The molecule has 11 heteroatoms. The number of hydrogen-bond donors (Lipinski definition) is 2. The summed E-state index contributed by atoms with van der Waals surface area (Å²) in [5, 5.41) is 16.3. The summed E-state index contributed by atoms with van der Waals surface area (Å²) in [7, 11) is 0. The van der Waals surface area contributed by atoms with Crippen LogP contribution in [0.1, 0.15) is 49.9 Å². The molecule has 2 amide bonds. The summed E-state index contributed by atoms with van der Waals surface area (Å²) in [5.41, 5.74) is -0.245. The van der Waals surface area contributed by atoms with Crippen molar-refractivity contribution in [1.82, 2.24) is 10.6 Å². The number of nitro groups is 1. The van der Waals surface area contributed by atoms with E-state index in [4.69, 9.17) is 16.3 Å². The first-order valence-corrected chi connectivity index (χ1v) is 12.6. The molecule has 182 valence electrons. The summed E-state index contributed by atoms with van der Waals surface area (Å²) in [6.07, 6.45) is 5.22. The van der Waals surface area contributed by atoms with E-state index in [1.807, 2.05) is 6.26 Å². The molecule has 1 aromatic rings. The van der Waals surface area contributed by atoms with Crippen molar-refractivity contribution in [2.75, 3.05) is 18.6 Å². The van der Waals surface area contributed by atoms with Gasteiger partial charge >= 0.3 is 5.97 Å². The number of carbonyl (C=O) groups excluding carboxylic acids is 3. The first-order valence-electron chi connectivity index (χ1n) is 10.8. The number of esters is 1. The van der Waals surface area contributed by atoms with Crippen molar-refractivity contribution in [3.8, 4) is 0 Å². The van der Waals surface area contributed by atoms with E-state index in [0.717, 1.165) is 31.4 Å². The summed E-state index contributed by atoms with van der Waals surface area (Å²) in [6.45, 7) is 3.84. The molecular weight excluding hydrogens is 470 g/mol. The third kappa shape index (κ3) is 7.89. The molecule has 0 spiro atoms. The normalized spacial score (nSPS) is 21.0. The predicted molar refractivity (Wildman–Crippen MR) is 127 cm³/mol. The molecule has 1 fully saturated rings. The van der Waals surface area contributed by atoms with Gasteiger partial charge < -0.3 is 15.4 Å². The molecule has 0 heterocycles. The lowest BCUT2D eigenvalue weighted by Crippen LogP contribution is -2.46. The minimum atomic E-state index is -0.988. The zero-order valence-corrected chi connectivity index (χ0v) is 20.5. The molecule has 1 aromatic carbocycles. The Hall–Kier alpha value is -2.33. The highest BCUT2D eigenvalue weighted by Crippen LogP contribution is 2.29. The maximum absolute atomic E-state index is 12.6. The van der Waals surface area contributed by atoms with Gasteiger partial charge in [-0.05, 0) is 42.8 Å². The Morgan fingerprint density at radius 2 is 2.03 bits per heavy atom. The average Bonchev–Trinajstić information content (AvgIpc) is 2.77. The molecule has 0 bridgehead atoms. The topological polar surface area (TPSA) is 128 Å². The van der Waals surface area contributed by atoms with Crippen molar-refractivity contribution >= 4 is 46.8 Å².